The molecule has 8 heteroatoms. The Balaban J connectivity index is 1.83. The third-order valence-corrected chi connectivity index (χ3v) is 3.54. The molecule has 0 unspecified atom stereocenters. The zero-order valence-corrected chi connectivity index (χ0v) is 13.6. The van der Waals surface area contributed by atoms with Gasteiger partial charge in [0.05, 0.1) is 12.7 Å². The molecule has 3 aromatic rings. The van der Waals surface area contributed by atoms with E-state index >= 15 is 0 Å². The highest BCUT2D eigenvalue weighted by molar-refractivity contribution is 6.05. The van der Waals surface area contributed by atoms with Crippen LogP contribution < -0.4 is 5.32 Å². The Bertz CT molecular complexity index is 935. The highest BCUT2D eigenvalue weighted by atomic mass is 16.5. The molecule has 25 heavy (non-hydrogen) atoms. The van der Waals surface area contributed by atoms with Crippen LogP contribution in [-0.4, -0.2) is 39.2 Å². The van der Waals surface area contributed by atoms with E-state index in [9.17, 15) is 9.59 Å². The Morgan fingerprint density at radius 2 is 1.84 bits per heavy atom. The molecule has 1 amide bonds. The lowest BCUT2D eigenvalue weighted by atomic mass is 10.1. The fourth-order valence-corrected chi connectivity index (χ4v) is 2.32. The van der Waals surface area contributed by atoms with E-state index in [1.807, 2.05) is 6.07 Å². The van der Waals surface area contributed by atoms with Gasteiger partial charge in [-0.25, -0.2) is 9.48 Å². The van der Waals surface area contributed by atoms with Gasteiger partial charge in [0.15, 0.2) is 5.82 Å². The van der Waals surface area contributed by atoms with Gasteiger partial charge < -0.3 is 10.1 Å². The number of nitrogens with zero attached hydrogens (tertiary/aromatic N) is 4. The summed E-state index contributed by atoms with van der Waals surface area (Å²) in [5.74, 6) is -0.214. The molecule has 2 aromatic carbocycles. The van der Waals surface area contributed by atoms with Crippen LogP contribution in [0.3, 0.4) is 0 Å². The van der Waals surface area contributed by atoms with Crippen LogP contribution in [0.25, 0.3) is 11.4 Å². The first-order valence-electron chi connectivity index (χ1n) is 7.41. The summed E-state index contributed by atoms with van der Waals surface area (Å²) in [6.45, 7) is 0. The molecule has 1 N–H and O–H groups in total. The molecule has 1 aromatic heterocycles. The molecular weight excluding hydrogens is 322 g/mol. The molecule has 3 rings (SSSR count). The number of esters is 1. The summed E-state index contributed by atoms with van der Waals surface area (Å²) in [6.07, 6.45) is 0. The van der Waals surface area contributed by atoms with Gasteiger partial charge in [-0.2, -0.15) is 0 Å². The molecule has 126 valence electrons. The number of tetrazole rings is 1. The van der Waals surface area contributed by atoms with Crippen LogP contribution in [0.15, 0.2) is 48.5 Å². The lowest BCUT2D eigenvalue weighted by Crippen LogP contribution is -2.12. The summed E-state index contributed by atoms with van der Waals surface area (Å²) < 4.78 is 6.20. The summed E-state index contributed by atoms with van der Waals surface area (Å²) in [6, 6.07) is 13.5. The fraction of sp³-hybridized carbons (Fsp3) is 0.118. The number of hydrogen-bond donors (Lipinski definition) is 1. The number of hydrogen-bond acceptors (Lipinski definition) is 6. The highest BCUT2D eigenvalue weighted by Crippen LogP contribution is 2.18. The molecule has 0 aliphatic heterocycles. The van der Waals surface area contributed by atoms with Crippen LogP contribution in [0.2, 0.25) is 0 Å². The van der Waals surface area contributed by atoms with Crippen LogP contribution in [0, 0.1) is 0 Å². The van der Waals surface area contributed by atoms with Crippen molar-refractivity contribution < 1.29 is 14.3 Å². The minimum atomic E-state index is -0.465. The zero-order chi connectivity index (χ0) is 17.8. The second-order valence-electron chi connectivity index (χ2n) is 5.23. The normalized spacial score (nSPS) is 10.3. The molecule has 0 atom stereocenters. The van der Waals surface area contributed by atoms with E-state index in [0.29, 0.717) is 22.6 Å². The average Bonchev–Trinajstić information content (AvgIpc) is 3.07. The van der Waals surface area contributed by atoms with Crippen LogP contribution in [-0.2, 0) is 11.8 Å². The Morgan fingerprint density at radius 3 is 2.56 bits per heavy atom. The molecule has 0 aliphatic carbocycles. The summed E-state index contributed by atoms with van der Waals surface area (Å²) in [7, 11) is 3.03. The molecule has 0 spiro atoms. The van der Waals surface area contributed by atoms with Crippen LogP contribution in [0.1, 0.15) is 20.7 Å². The molecule has 0 bridgehead atoms. The first-order chi connectivity index (χ1) is 12.1. The van der Waals surface area contributed by atoms with Crippen molar-refractivity contribution in [3.8, 4) is 11.4 Å². The summed E-state index contributed by atoms with van der Waals surface area (Å²) >= 11 is 0. The largest absolute Gasteiger partial charge is 0.465 e. The monoisotopic (exact) mass is 337 g/mol. The van der Waals surface area contributed by atoms with E-state index in [1.165, 1.54) is 11.8 Å². The maximum Gasteiger partial charge on any atom is 0.337 e. The van der Waals surface area contributed by atoms with Gasteiger partial charge in [0.2, 0.25) is 0 Å². The van der Waals surface area contributed by atoms with Crippen molar-refractivity contribution in [2.75, 3.05) is 12.4 Å². The Labute approximate surface area is 143 Å². The van der Waals surface area contributed by atoms with Crippen molar-refractivity contribution >= 4 is 17.6 Å². The highest BCUT2D eigenvalue weighted by Gasteiger charge is 2.12. The molecular formula is C17H15N5O3. The van der Waals surface area contributed by atoms with Crippen LogP contribution in [0.4, 0.5) is 5.69 Å². The van der Waals surface area contributed by atoms with E-state index in [2.05, 4.69) is 25.6 Å². The van der Waals surface area contributed by atoms with Crippen molar-refractivity contribution in [2.45, 2.75) is 0 Å². The predicted octanol–water partition coefficient (Wildman–Crippen LogP) is 1.92. The number of carbonyl (C=O) groups excluding carboxylic acids is 2. The van der Waals surface area contributed by atoms with Crippen LogP contribution >= 0.6 is 0 Å². The number of nitrogens with one attached hydrogen (secondary N) is 1. The van der Waals surface area contributed by atoms with E-state index in [1.54, 1.807) is 49.5 Å². The zero-order valence-electron chi connectivity index (χ0n) is 13.6. The number of rotatable bonds is 4. The fourth-order valence-electron chi connectivity index (χ4n) is 2.32. The second kappa shape index (κ2) is 6.91. The van der Waals surface area contributed by atoms with Crippen molar-refractivity contribution in [3.63, 3.8) is 0 Å². The number of methoxy groups -OCH3 is 1. The summed E-state index contributed by atoms with van der Waals surface area (Å²) in [5, 5.41) is 14.1. The Hall–Kier alpha value is -3.55. The minimum absolute atomic E-state index is 0.306. The third kappa shape index (κ3) is 3.52. The van der Waals surface area contributed by atoms with Crippen LogP contribution in [0.5, 0.6) is 0 Å². The molecule has 8 nitrogen and oxygen atoms in total. The number of anilines is 1. The Kier molecular flexibility index (Phi) is 4.51. The Morgan fingerprint density at radius 1 is 1.08 bits per heavy atom. The van der Waals surface area contributed by atoms with Crippen molar-refractivity contribution in [2.24, 2.45) is 7.05 Å². The lowest BCUT2D eigenvalue weighted by molar-refractivity contribution is 0.0600. The number of aryl methyl sites for hydroxylation is 1. The van der Waals surface area contributed by atoms with Crippen molar-refractivity contribution in [3.05, 3.63) is 59.7 Å². The van der Waals surface area contributed by atoms with Gasteiger partial charge >= 0.3 is 5.97 Å². The molecule has 1 heterocycles. The quantitative estimate of drug-likeness (QED) is 0.730. The number of benzene rings is 2. The first-order valence-corrected chi connectivity index (χ1v) is 7.41. The predicted molar refractivity (Wildman–Crippen MR) is 90.0 cm³/mol. The molecule has 0 saturated carbocycles. The van der Waals surface area contributed by atoms with Crippen molar-refractivity contribution in [1.29, 1.82) is 0 Å². The second-order valence-corrected chi connectivity index (χ2v) is 5.23. The average molecular weight is 337 g/mol. The minimum Gasteiger partial charge on any atom is -0.465 e. The van der Waals surface area contributed by atoms with Gasteiger partial charge in [-0.3, -0.25) is 4.79 Å². The molecule has 0 aliphatic rings. The number of ether oxygens (including phenoxy) is 1. The smallest absolute Gasteiger partial charge is 0.337 e. The molecule has 0 radical (unpaired) electrons. The summed E-state index contributed by atoms with van der Waals surface area (Å²) in [5.41, 5.74) is 2.03. The van der Waals surface area contributed by atoms with E-state index in [0.717, 1.165) is 5.56 Å². The van der Waals surface area contributed by atoms with Gasteiger partial charge in [-0.05, 0) is 40.8 Å². The maximum atomic E-state index is 12.5. The summed E-state index contributed by atoms with van der Waals surface area (Å²) in [4.78, 5) is 24.1. The van der Waals surface area contributed by atoms with E-state index in [-0.39, 0.29) is 5.91 Å². The topological polar surface area (TPSA) is 99.0 Å². The SMILES string of the molecule is COC(=O)c1cccc(NC(=O)c2cccc(-c3nnnn3C)c2)c1. The number of carbonyl (C=O) groups is 2. The maximum absolute atomic E-state index is 12.5. The molecule has 0 fully saturated rings. The van der Waals surface area contributed by atoms with Gasteiger partial charge in [0, 0.05) is 23.9 Å². The van der Waals surface area contributed by atoms with Gasteiger partial charge in [-0.15, -0.1) is 5.10 Å². The third-order valence-electron chi connectivity index (χ3n) is 3.54. The number of amides is 1. The lowest BCUT2D eigenvalue weighted by Gasteiger charge is -2.08. The standard InChI is InChI=1S/C17H15N5O3/c1-22-15(19-20-21-22)11-5-3-6-12(9-11)16(23)18-14-8-4-7-13(10-14)17(24)25-2/h3-10H,1-2H3,(H,18,23). The first kappa shape index (κ1) is 16.3. The van der Waals surface area contributed by atoms with E-state index in [4.69, 9.17) is 0 Å². The number of aromatic nitrogens is 4. The van der Waals surface area contributed by atoms with E-state index < -0.39 is 5.97 Å². The van der Waals surface area contributed by atoms with Gasteiger partial charge in [-0.1, -0.05) is 18.2 Å². The van der Waals surface area contributed by atoms with Gasteiger partial charge in [0.25, 0.3) is 5.91 Å². The van der Waals surface area contributed by atoms with Gasteiger partial charge in [0.1, 0.15) is 0 Å². The molecule has 0 saturated heterocycles. The van der Waals surface area contributed by atoms with Crippen molar-refractivity contribution in [1.82, 2.24) is 20.2 Å².